The van der Waals surface area contributed by atoms with Gasteiger partial charge < -0.3 is 19.3 Å². The van der Waals surface area contributed by atoms with Gasteiger partial charge in [-0.2, -0.15) is 0 Å². The molecule has 0 aliphatic carbocycles. The quantitative estimate of drug-likeness (QED) is 0.729. The lowest BCUT2D eigenvalue weighted by Gasteiger charge is -2.37. The molecule has 6 heteroatoms. The van der Waals surface area contributed by atoms with Crippen molar-refractivity contribution in [2.45, 2.75) is 25.4 Å². The predicted molar refractivity (Wildman–Crippen MR) is 116 cm³/mol. The van der Waals surface area contributed by atoms with Crippen molar-refractivity contribution in [2.75, 3.05) is 31.6 Å². The molecule has 30 heavy (non-hydrogen) atoms. The minimum atomic E-state index is -0.684. The van der Waals surface area contributed by atoms with Crippen molar-refractivity contribution in [1.29, 1.82) is 0 Å². The standard InChI is InChI=1S/C24H26N2O4/c1-29-19-12-9-18(10-13-19)11-14-23(27)26-17-22(24(28)25-15-5-2-6-16-25)30-21-8-4-3-7-20(21)26/h3-4,7-14,22H,2,5-6,15-17H2,1H3/b14-11+/t22-/m0/s1. The highest BCUT2D eigenvalue weighted by Crippen LogP contribution is 2.34. The Morgan fingerprint density at radius 1 is 1.03 bits per heavy atom. The van der Waals surface area contributed by atoms with Crippen molar-refractivity contribution in [2.24, 2.45) is 0 Å². The summed E-state index contributed by atoms with van der Waals surface area (Å²) in [5.41, 5.74) is 1.58. The number of anilines is 1. The maximum atomic E-state index is 13.0. The molecule has 4 rings (SSSR count). The molecule has 0 spiro atoms. The van der Waals surface area contributed by atoms with Gasteiger partial charge in [-0.3, -0.25) is 9.59 Å². The van der Waals surface area contributed by atoms with Crippen LogP contribution in [-0.4, -0.2) is 49.6 Å². The van der Waals surface area contributed by atoms with E-state index in [-0.39, 0.29) is 18.4 Å². The third-order valence-corrected chi connectivity index (χ3v) is 5.52. The Morgan fingerprint density at radius 2 is 1.77 bits per heavy atom. The summed E-state index contributed by atoms with van der Waals surface area (Å²) in [6, 6.07) is 14.8. The zero-order valence-corrected chi connectivity index (χ0v) is 17.1. The van der Waals surface area contributed by atoms with Crippen LogP contribution in [0.4, 0.5) is 5.69 Å². The normalized spacial score (nSPS) is 18.6. The Labute approximate surface area is 176 Å². The van der Waals surface area contributed by atoms with Crippen LogP contribution in [0.5, 0.6) is 11.5 Å². The minimum absolute atomic E-state index is 0.0406. The molecule has 0 saturated carbocycles. The van der Waals surface area contributed by atoms with E-state index in [0.29, 0.717) is 11.4 Å². The Kier molecular flexibility index (Phi) is 6.02. The fourth-order valence-corrected chi connectivity index (χ4v) is 3.86. The fourth-order valence-electron chi connectivity index (χ4n) is 3.86. The molecule has 0 bridgehead atoms. The number of ether oxygens (including phenoxy) is 2. The van der Waals surface area contributed by atoms with Crippen molar-refractivity contribution in [3.8, 4) is 11.5 Å². The van der Waals surface area contributed by atoms with E-state index in [1.54, 1.807) is 24.2 Å². The zero-order valence-electron chi connectivity index (χ0n) is 17.1. The summed E-state index contributed by atoms with van der Waals surface area (Å²) < 4.78 is 11.2. The number of benzene rings is 2. The Bertz CT molecular complexity index is 932. The van der Waals surface area contributed by atoms with Gasteiger partial charge in [-0.1, -0.05) is 24.3 Å². The SMILES string of the molecule is COc1ccc(/C=C/C(=O)N2C[C@@H](C(=O)N3CCCCC3)Oc3ccccc32)cc1. The van der Waals surface area contributed by atoms with E-state index >= 15 is 0 Å². The number of rotatable bonds is 4. The highest BCUT2D eigenvalue weighted by atomic mass is 16.5. The Hall–Kier alpha value is -3.28. The van der Waals surface area contributed by atoms with Gasteiger partial charge in [0.05, 0.1) is 19.3 Å². The third-order valence-electron chi connectivity index (χ3n) is 5.52. The van der Waals surface area contributed by atoms with Gasteiger partial charge in [0.25, 0.3) is 11.8 Å². The average Bonchev–Trinajstić information content (AvgIpc) is 2.82. The predicted octanol–water partition coefficient (Wildman–Crippen LogP) is 3.52. The molecule has 2 heterocycles. The Balaban J connectivity index is 1.53. The van der Waals surface area contributed by atoms with Crippen LogP contribution in [0.2, 0.25) is 0 Å². The zero-order chi connectivity index (χ0) is 20.9. The number of hydrogen-bond acceptors (Lipinski definition) is 4. The number of piperidine rings is 1. The van der Waals surface area contributed by atoms with Gasteiger partial charge >= 0.3 is 0 Å². The van der Waals surface area contributed by atoms with Crippen LogP contribution in [-0.2, 0) is 9.59 Å². The molecule has 1 saturated heterocycles. The number of carbonyl (C=O) groups excluding carboxylic acids is 2. The van der Waals surface area contributed by atoms with E-state index in [1.165, 1.54) is 6.08 Å². The van der Waals surface area contributed by atoms with Crippen LogP contribution >= 0.6 is 0 Å². The molecule has 1 fully saturated rings. The molecule has 0 unspecified atom stereocenters. The maximum absolute atomic E-state index is 13.0. The highest BCUT2D eigenvalue weighted by Gasteiger charge is 2.35. The molecule has 2 amide bonds. The summed E-state index contributed by atoms with van der Waals surface area (Å²) in [5, 5.41) is 0. The summed E-state index contributed by atoms with van der Waals surface area (Å²) in [6.07, 6.45) is 5.80. The number of carbonyl (C=O) groups is 2. The Morgan fingerprint density at radius 3 is 2.50 bits per heavy atom. The first kappa shape index (κ1) is 20.0. The van der Waals surface area contributed by atoms with Gasteiger partial charge in [-0.15, -0.1) is 0 Å². The summed E-state index contributed by atoms with van der Waals surface area (Å²) in [6.45, 7) is 1.72. The number of fused-ring (bicyclic) bond motifs is 1. The maximum Gasteiger partial charge on any atom is 0.265 e. The number of amides is 2. The molecule has 0 radical (unpaired) electrons. The summed E-state index contributed by atoms with van der Waals surface area (Å²) >= 11 is 0. The number of hydrogen-bond donors (Lipinski definition) is 0. The van der Waals surface area contributed by atoms with Crippen LogP contribution in [0.3, 0.4) is 0 Å². The largest absolute Gasteiger partial charge is 0.497 e. The van der Waals surface area contributed by atoms with Gasteiger partial charge in [0, 0.05) is 19.2 Å². The summed E-state index contributed by atoms with van der Waals surface area (Å²) in [4.78, 5) is 29.5. The minimum Gasteiger partial charge on any atom is -0.497 e. The molecule has 0 N–H and O–H groups in total. The molecule has 2 aromatic carbocycles. The third kappa shape index (κ3) is 4.32. The number of likely N-dealkylation sites (tertiary alicyclic amines) is 1. The first-order valence-electron chi connectivity index (χ1n) is 10.3. The number of para-hydroxylation sites is 2. The molecular formula is C24H26N2O4. The van der Waals surface area contributed by atoms with Crippen LogP contribution in [0, 0.1) is 0 Å². The smallest absolute Gasteiger partial charge is 0.265 e. The van der Waals surface area contributed by atoms with Crippen LogP contribution in [0.25, 0.3) is 6.08 Å². The number of nitrogens with zero attached hydrogens (tertiary/aromatic N) is 2. The topological polar surface area (TPSA) is 59.1 Å². The first-order chi connectivity index (χ1) is 14.7. The van der Waals surface area contributed by atoms with E-state index in [1.807, 2.05) is 47.4 Å². The number of methoxy groups -OCH3 is 1. The molecule has 2 aliphatic heterocycles. The molecule has 2 aliphatic rings. The van der Waals surface area contributed by atoms with Crippen molar-refractivity contribution < 1.29 is 19.1 Å². The van der Waals surface area contributed by atoms with Gasteiger partial charge in [0.2, 0.25) is 0 Å². The molecule has 2 aromatic rings. The van der Waals surface area contributed by atoms with Crippen LogP contribution in [0.1, 0.15) is 24.8 Å². The van der Waals surface area contributed by atoms with E-state index in [2.05, 4.69) is 0 Å². The first-order valence-corrected chi connectivity index (χ1v) is 10.3. The monoisotopic (exact) mass is 406 g/mol. The second-order valence-electron chi connectivity index (χ2n) is 7.52. The van der Waals surface area contributed by atoms with Gasteiger partial charge in [-0.25, -0.2) is 0 Å². The van der Waals surface area contributed by atoms with Crippen molar-refractivity contribution in [3.05, 3.63) is 60.2 Å². The van der Waals surface area contributed by atoms with Gasteiger partial charge in [0.1, 0.15) is 11.5 Å². The van der Waals surface area contributed by atoms with E-state index in [9.17, 15) is 9.59 Å². The van der Waals surface area contributed by atoms with Crippen LogP contribution < -0.4 is 14.4 Å². The van der Waals surface area contributed by atoms with Crippen molar-refractivity contribution in [3.63, 3.8) is 0 Å². The highest BCUT2D eigenvalue weighted by molar-refractivity contribution is 6.05. The van der Waals surface area contributed by atoms with Crippen LogP contribution in [0.15, 0.2) is 54.6 Å². The fraction of sp³-hybridized carbons (Fsp3) is 0.333. The molecule has 6 nitrogen and oxygen atoms in total. The van der Waals surface area contributed by atoms with Gasteiger partial charge in [0.15, 0.2) is 6.10 Å². The van der Waals surface area contributed by atoms with Crippen molar-refractivity contribution in [1.82, 2.24) is 4.90 Å². The lowest BCUT2D eigenvalue weighted by atomic mass is 10.1. The van der Waals surface area contributed by atoms with E-state index in [4.69, 9.17) is 9.47 Å². The molecule has 156 valence electrons. The second kappa shape index (κ2) is 9.03. The van der Waals surface area contributed by atoms with E-state index < -0.39 is 6.10 Å². The summed E-state index contributed by atoms with van der Waals surface area (Å²) in [5.74, 6) is 1.10. The lowest BCUT2D eigenvalue weighted by Crippen LogP contribution is -2.52. The van der Waals surface area contributed by atoms with E-state index in [0.717, 1.165) is 43.7 Å². The van der Waals surface area contributed by atoms with Gasteiger partial charge in [-0.05, 0) is 55.2 Å². The lowest BCUT2D eigenvalue weighted by molar-refractivity contribution is -0.139. The average molecular weight is 406 g/mol. The molecule has 1 atom stereocenters. The second-order valence-corrected chi connectivity index (χ2v) is 7.52. The summed E-state index contributed by atoms with van der Waals surface area (Å²) in [7, 11) is 1.62. The van der Waals surface area contributed by atoms with Crippen molar-refractivity contribution >= 4 is 23.6 Å². The molecular weight excluding hydrogens is 380 g/mol. The molecule has 0 aromatic heterocycles.